The smallest absolute Gasteiger partial charge is 0.328 e. The Kier molecular flexibility index (Phi) is 6.42. The Balaban J connectivity index is 2.94. The highest BCUT2D eigenvalue weighted by atomic mass is 16.6. The van der Waals surface area contributed by atoms with Gasteiger partial charge in [0.15, 0.2) is 0 Å². The molecule has 1 aliphatic rings. The van der Waals surface area contributed by atoms with Gasteiger partial charge in [-0.25, -0.2) is 4.79 Å². The summed E-state index contributed by atoms with van der Waals surface area (Å²) in [5.74, 6) is -1.52. The van der Waals surface area contributed by atoms with E-state index in [1.165, 1.54) is 7.11 Å². The van der Waals surface area contributed by atoms with Crippen LogP contribution in [-0.2, 0) is 23.9 Å². The highest BCUT2D eigenvalue weighted by Crippen LogP contribution is 2.33. The van der Waals surface area contributed by atoms with Crippen molar-refractivity contribution in [2.24, 2.45) is 11.3 Å². The molecule has 1 amide bonds. The Hall–Kier alpha value is -1.59. The molecule has 6 heteroatoms. The van der Waals surface area contributed by atoms with Crippen LogP contribution in [0.25, 0.3) is 0 Å². The van der Waals surface area contributed by atoms with Crippen LogP contribution in [-0.4, -0.2) is 48.0 Å². The molecule has 0 radical (unpaired) electrons. The van der Waals surface area contributed by atoms with E-state index in [4.69, 9.17) is 9.47 Å². The minimum atomic E-state index is -0.592. The summed E-state index contributed by atoms with van der Waals surface area (Å²) < 4.78 is 10.2. The van der Waals surface area contributed by atoms with Crippen LogP contribution < -0.4 is 0 Å². The Labute approximate surface area is 144 Å². The molecule has 0 saturated carbocycles. The summed E-state index contributed by atoms with van der Waals surface area (Å²) in [5.41, 5.74) is -1.01. The molecule has 0 spiro atoms. The highest BCUT2D eigenvalue weighted by molar-refractivity contribution is 5.89. The molecular weight excluding hydrogens is 310 g/mol. The molecule has 0 aromatic carbocycles. The van der Waals surface area contributed by atoms with Crippen molar-refractivity contribution in [2.45, 2.75) is 72.4 Å². The van der Waals surface area contributed by atoms with Crippen molar-refractivity contribution in [1.82, 2.24) is 4.90 Å². The van der Waals surface area contributed by atoms with Crippen LogP contribution >= 0.6 is 0 Å². The van der Waals surface area contributed by atoms with Gasteiger partial charge in [0, 0.05) is 6.54 Å². The van der Waals surface area contributed by atoms with Gasteiger partial charge in [0.25, 0.3) is 0 Å². The fraction of sp³-hybridized carbons (Fsp3) is 0.833. The molecule has 1 heterocycles. The zero-order chi connectivity index (χ0) is 18.7. The minimum Gasteiger partial charge on any atom is -0.467 e. The van der Waals surface area contributed by atoms with Crippen molar-refractivity contribution < 1.29 is 23.9 Å². The summed E-state index contributed by atoms with van der Waals surface area (Å²) in [4.78, 5) is 38.7. The Bertz CT molecular complexity index is 487. The quantitative estimate of drug-likeness (QED) is 0.735. The van der Waals surface area contributed by atoms with E-state index >= 15 is 0 Å². The molecule has 0 unspecified atom stereocenters. The van der Waals surface area contributed by atoms with E-state index < -0.39 is 34.9 Å². The zero-order valence-corrected chi connectivity index (χ0v) is 16.0. The van der Waals surface area contributed by atoms with Gasteiger partial charge < -0.3 is 14.4 Å². The van der Waals surface area contributed by atoms with Gasteiger partial charge in [-0.15, -0.1) is 0 Å². The fourth-order valence-electron chi connectivity index (χ4n) is 2.93. The van der Waals surface area contributed by atoms with Gasteiger partial charge in [0.05, 0.1) is 19.4 Å². The van der Waals surface area contributed by atoms with Crippen LogP contribution in [0, 0.1) is 11.3 Å². The van der Waals surface area contributed by atoms with Crippen LogP contribution in [0.4, 0.5) is 0 Å². The first-order chi connectivity index (χ1) is 10.9. The molecule has 0 bridgehead atoms. The second-order valence-corrected chi connectivity index (χ2v) is 8.42. The second kappa shape index (κ2) is 7.53. The van der Waals surface area contributed by atoms with Crippen LogP contribution in [0.1, 0.15) is 60.8 Å². The minimum absolute atomic E-state index is 0.00396. The lowest BCUT2D eigenvalue weighted by molar-refractivity contribution is -0.162. The van der Waals surface area contributed by atoms with E-state index in [-0.39, 0.29) is 12.3 Å². The van der Waals surface area contributed by atoms with Crippen molar-refractivity contribution in [1.29, 1.82) is 0 Å². The van der Waals surface area contributed by atoms with Gasteiger partial charge in [-0.1, -0.05) is 20.8 Å². The normalized spacial score (nSPS) is 19.8. The van der Waals surface area contributed by atoms with E-state index in [1.54, 1.807) is 25.7 Å². The van der Waals surface area contributed by atoms with Crippen molar-refractivity contribution in [3.8, 4) is 0 Å². The molecule has 0 N–H and O–H groups in total. The monoisotopic (exact) mass is 341 g/mol. The number of ether oxygens (including phenoxy) is 2. The first-order valence-electron chi connectivity index (χ1n) is 8.47. The molecule has 1 fully saturated rings. The summed E-state index contributed by atoms with van der Waals surface area (Å²) in [5, 5.41) is 0. The lowest BCUT2D eigenvalue weighted by Gasteiger charge is -2.34. The van der Waals surface area contributed by atoms with E-state index in [0.717, 1.165) is 6.42 Å². The fourth-order valence-corrected chi connectivity index (χ4v) is 2.93. The van der Waals surface area contributed by atoms with Crippen LogP contribution in [0.5, 0.6) is 0 Å². The Morgan fingerprint density at radius 3 is 2.17 bits per heavy atom. The molecular formula is C18H31NO5. The summed E-state index contributed by atoms with van der Waals surface area (Å²) in [6, 6.07) is -0.550. The van der Waals surface area contributed by atoms with Gasteiger partial charge in [0.2, 0.25) is 5.91 Å². The third-order valence-corrected chi connectivity index (χ3v) is 4.14. The van der Waals surface area contributed by atoms with Gasteiger partial charge in [-0.3, -0.25) is 9.59 Å². The molecule has 6 nitrogen and oxygen atoms in total. The number of nitrogens with zero attached hydrogens (tertiary/aromatic N) is 1. The lowest BCUT2D eigenvalue weighted by Crippen LogP contribution is -2.47. The van der Waals surface area contributed by atoms with Crippen LogP contribution in [0.3, 0.4) is 0 Å². The predicted octanol–water partition coefficient (Wildman–Crippen LogP) is 2.54. The van der Waals surface area contributed by atoms with Gasteiger partial charge in [0.1, 0.15) is 11.6 Å². The molecule has 2 atom stereocenters. The summed E-state index contributed by atoms with van der Waals surface area (Å²) in [7, 11) is 1.32. The number of likely N-dealkylation sites (tertiary alicyclic amines) is 1. The number of carbonyl (C=O) groups is 3. The van der Waals surface area contributed by atoms with E-state index in [9.17, 15) is 14.4 Å². The van der Waals surface area contributed by atoms with Crippen LogP contribution in [0.2, 0.25) is 0 Å². The molecule has 24 heavy (non-hydrogen) atoms. The van der Waals surface area contributed by atoms with Crippen molar-refractivity contribution in [3.05, 3.63) is 0 Å². The van der Waals surface area contributed by atoms with E-state index in [2.05, 4.69) is 0 Å². The molecule has 0 aliphatic carbocycles. The predicted molar refractivity (Wildman–Crippen MR) is 90.2 cm³/mol. The summed E-state index contributed by atoms with van der Waals surface area (Å²) >= 11 is 0. The van der Waals surface area contributed by atoms with Crippen LogP contribution in [0.15, 0.2) is 0 Å². The molecule has 0 aromatic heterocycles. The summed E-state index contributed by atoms with van der Waals surface area (Å²) in [6.07, 6.45) is 1.36. The third-order valence-electron chi connectivity index (χ3n) is 4.14. The number of amides is 1. The van der Waals surface area contributed by atoms with E-state index in [0.29, 0.717) is 13.0 Å². The average Bonchev–Trinajstić information content (AvgIpc) is 2.89. The number of esters is 2. The maximum Gasteiger partial charge on any atom is 0.328 e. The third kappa shape index (κ3) is 5.49. The molecule has 138 valence electrons. The van der Waals surface area contributed by atoms with Crippen molar-refractivity contribution >= 4 is 17.8 Å². The summed E-state index contributed by atoms with van der Waals surface area (Å²) in [6.45, 7) is 11.7. The Morgan fingerprint density at radius 2 is 1.71 bits per heavy atom. The first-order valence-corrected chi connectivity index (χ1v) is 8.47. The SMILES string of the molecule is COC(=O)[C@@H]1CCCN1C(=O)[C@@H](CC(=O)OC(C)(C)C)C(C)(C)C. The highest BCUT2D eigenvalue weighted by Gasteiger charge is 2.42. The van der Waals surface area contributed by atoms with Crippen molar-refractivity contribution in [2.75, 3.05) is 13.7 Å². The maximum atomic E-state index is 13.0. The lowest BCUT2D eigenvalue weighted by atomic mass is 9.77. The van der Waals surface area contributed by atoms with Gasteiger partial charge >= 0.3 is 11.9 Å². The van der Waals surface area contributed by atoms with Crippen molar-refractivity contribution in [3.63, 3.8) is 0 Å². The average molecular weight is 341 g/mol. The largest absolute Gasteiger partial charge is 0.467 e. The Morgan fingerprint density at radius 1 is 1.12 bits per heavy atom. The molecule has 1 rings (SSSR count). The number of methoxy groups -OCH3 is 1. The number of rotatable bonds is 4. The standard InChI is InChI=1S/C18H31NO5/c1-17(2,3)12(11-14(20)24-18(4,5)6)15(21)19-10-8-9-13(19)16(22)23-7/h12-13H,8-11H2,1-7H3/t12-,13+/m1/s1. The zero-order valence-electron chi connectivity index (χ0n) is 16.0. The van der Waals surface area contributed by atoms with Gasteiger partial charge in [-0.2, -0.15) is 0 Å². The first kappa shape index (κ1) is 20.5. The molecule has 1 aliphatic heterocycles. The van der Waals surface area contributed by atoms with E-state index in [1.807, 2.05) is 20.8 Å². The topological polar surface area (TPSA) is 72.9 Å². The maximum absolute atomic E-state index is 13.0. The second-order valence-electron chi connectivity index (χ2n) is 8.42. The number of hydrogen-bond acceptors (Lipinski definition) is 5. The number of hydrogen-bond donors (Lipinski definition) is 0. The number of carbonyl (C=O) groups excluding carboxylic acids is 3. The molecule has 1 saturated heterocycles. The molecule has 0 aromatic rings. The van der Waals surface area contributed by atoms with Gasteiger partial charge in [-0.05, 0) is 39.0 Å².